The van der Waals surface area contributed by atoms with E-state index in [0.717, 1.165) is 36.0 Å². The van der Waals surface area contributed by atoms with E-state index in [1.165, 1.54) is 5.56 Å². The predicted octanol–water partition coefficient (Wildman–Crippen LogP) is 1.44. The third kappa shape index (κ3) is 3.58. The first-order chi connectivity index (χ1) is 13.4. The Bertz CT molecular complexity index is 1140. The fourth-order valence-corrected chi connectivity index (χ4v) is 4.29. The molecule has 0 saturated heterocycles. The van der Waals surface area contributed by atoms with Crippen molar-refractivity contribution < 1.29 is 13.2 Å². The number of hydrogen-bond donors (Lipinski definition) is 2. The number of tetrazole rings is 1. The molecule has 3 aromatic rings. The van der Waals surface area contributed by atoms with E-state index in [1.807, 2.05) is 6.07 Å². The maximum Gasteiger partial charge on any atom is 0.290 e. The van der Waals surface area contributed by atoms with Gasteiger partial charge in [-0.1, -0.05) is 6.07 Å². The second-order valence-electron chi connectivity index (χ2n) is 6.56. The van der Waals surface area contributed by atoms with Crippen LogP contribution in [0.25, 0.3) is 5.69 Å². The number of benzene rings is 2. The minimum Gasteiger partial charge on any atom is -0.363 e. The number of fused-ring (bicyclic) bond motifs is 1. The number of nitrogens with zero attached hydrogens (tertiary/aromatic N) is 4. The van der Waals surface area contributed by atoms with Crippen LogP contribution < -0.4 is 10.5 Å². The Morgan fingerprint density at radius 1 is 1.04 bits per heavy atom. The number of rotatable bonds is 5. The Balaban J connectivity index is 1.54. The number of carbonyl (C=O) groups excluding carboxylic acids is 1. The largest absolute Gasteiger partial charge is 0.363 e. The van der Waals surface area contributed by atoms with E-state index in [1.54, 1.807) is 36.4 Å². The molecule has 4 rings (SSSR count). The molecule has 0 spiro atoms. The lowest BCUT2D eigenvalue weighted by molar-refractivity contribution is 0.0990. The average Bonchev–Trinajstić information content (AvgIpc) is 3.18. The van der Waals surface area contributed by atoms with Crippen LogP contribution in [-0.4, -0.2) is 34.5 Å². The topological polar surface area (TPSA) is 133 Å². The van der Waals surface area contributed by atoms with Crippen LogP contribution in [0.2, 0.25) is 0 Å². The van der Waals surface area contributed by atoms with Crippen LogP contribution >= 0.6 is 0 Å². The standard InChI is InChI=1S/C18H18N6O3S/c19-17(25)18-20-23-24(21-18)15-8-6-14(7-9-15)22-28(26,27)16-10-5-12-3-1-2-4-13(12)11-16/h5-11,22H,1-4H2,(H2,19,25). The lowest BCUT2D eigenvalue weighted by Crippen LogP contribution is -2.14. The normalized spacial score (nSPS) is 13.7. The second kappa shape index (κ2) is 7.04. The molecule has 144 valence electrons. The van der Waals surface area contributed by atoms with E-state index < -0.39 is 15.9 Å². The first kappa shape index (κ1) is 18.1. The van der Waals surface area contributed by atoms with Crippen LogP contribution in [0.5, 0.6) is 0 Å². The minimum atomic E-state index is -3.69. The Morgan fingerprint density at radius 3 is 2.43 bits per heavy atom. The fraction of sp³-hybridized carbons (Fsp3) is 0.222. The summed E-state index contributed by atoms with van der Waals surface area (Å²) in [4.78, 5) is 12.4. The third-order valence-corrected chi connectivity index (χ3v) is 5.99. The van der Waals surface area contributed by atoms with Crippen molar-refractivity contribution in [2.45, 2.75) is 30.6 Å². The Labute approximate surface area is 161 Å². The van der Waals surface area contributed by atoms with Crippen molar-refractivity contribution in [2.75, 3.05) is 4.72 Å². The zero-order valence-electron chi connectivity index (χ0n) is 14.9. The molecule has 1 amide bonds. The van der Waals surface area contributed by atoms with Gasteiger partial charge < -0.3 is 5.73 Å². The Hall–Kier alpha value is -3.27. The molecule has 10 heteroatoms. The van der Waals surface area contributed by atoms with Gasteiger partial charge in [0.15, 0.2) is 0 Å². The minimum absolute atomic E-state index is 0.197. The van der Waals surface area contributed by atoms with Crippen molar-refractivity contribution in [1.82, 2.24) is 20.2 Å². The van der Waals surface area contributed by atoms with Crippen molar-refractivity contribution in [3.8, 4) is 5.69 Å². The summed E-state index contributed by atoms with van der Waals surface area (Å²) in [6, 6.07) is 11.7. The van der Waals surface area contributed by atoms with Gasteiger partial charge in [-0.3, -0.25) is 9.52 Å². The molecular formula is C18H18N6O3S. The second-order valence-corrected chi connectivity index (χ2v) is 8.24. The SMILES string of the molecule is NC(=O)c1nnn(-c2ccc(NS(=O)(=O)c3ccc4c(c3)CCCC4)cc2)n1. The first-order valence-electron chi connectivity index (χ1n) is 8.77. The number of aryl methyl sites for hydroxylation is 2. The number of anilines is 1. The van der Waals surface area contributed by atoms with E-state index in [2.05, 4.69) is 20.1 Å². The molecule has 2 aromatic carbocycles. The number of sulfonamides is 1. The molecule has 0 bridgehead atoms. The molecule has 3 N–H and O–H groups in total. The number of primary amides is 1. The molecule has 0 saturated carbocycles. The van der Waals surface area contributed by atoms with Gasteiger partial charge >= 0.3 is 0 Å². The molecule has 28 heavy (non-hydrogen) atoms. The Morgan fingerprint density at radius 2 is 1.75 bits per heavy atom. The van der Waals surface area contributed by atoms with E-state index in [4.69, 9.17) is 5.73 Å². The van der Waals surface area contributed by atoms with Gasteiger partial charge in [0, 0.05) is 5.69 Å². The smallest absolute Gasteiger partial charge is 0.290 e. The lowest BCUT2D eigenvalue weighted by Gasteiger charge is -2.17. The van der Waals surface area contributed by atoms with Crippen LogP contribution in [-0.2, 0) is 22.9 Å². The van der Waals surface area contributed by atoms with Crippen LogP contribution in [0.4, 0.5) is 5.69 Å². The number of nitrogens with two attached hydrogens (primary N) is 1. The number of amides is 1. The lowest BCUT2D eigenvalue weighted by atomic mass is 9.92. The van der Waals surface area contributed by atoms with Gasteiger partial charge in [-0.05, 0) is 78.4 Å². The number of aromatic nitrogens is 4. The van der Waals surface area contributed by atoms with Crippen molar-refractivity contribution in [3.63, 3.8) is 0 Å². The number of nitrogens with one attached hydrogen (secondary N) is 1. The van der Waals surface area contributed by atoms with E-state index in [9.17, 15) is 13.2 Å². The summed E-state index contributed by atoms with van der Waals surface area (Å²) in [6.45, 7) is 0. The summed E-state index contributed by atoms with van der Waals surface area (Å²) in [5, 5.41) is 11.1. The maximum absolute atomic E-state index is 12.7. The molecule has 0 radical (unpaired) electrons. The van der Waals surface area contributed by atoms with Crippen molar-refractivity contribution in [2.24, 2.45) is 5.73 Å². The molecule has 0 atom stereocenters. The van der Waals surface area contributed by atoms with E-state index >= 15 is 0 Å². The molecule has 1 aromatic heterocycles. The summed E-state index contributed by atoms with van der Waals surface area (Å²) in [7, 11) is -3.69. The predicted molar refractivity (Wildman–Crippen MR) is 102 cm³/mol. The zero-order valence-corrected chi connectivity index (χ0v) is 15.7. The van der Waals surface area contributed by atoms with Crippen LogP contribution in [0.15, 0.2) is 47.4 Å². The average molecular weight is 398 g/mol. The van der Waals surface area contributed by atoms with E-state index in [0.29, 0.717) is 11.4 Å². The fourth-order valence-electron chi connectivity index (χ4n) is 3.18. The highest BCUT2D eigenvalue weighted by Crippen LogP contribution is 2.25. The molecule has 0 fully saturated rings. The molecule has 9 nitrogen and oxygen atoms in total. The van der Waals surface area contributed by atoms with Gasteiger partial charge in [-0.15, -0.1) is 15.0 Å². The molecule has 0 unspecified atom stereocenters. The monoisotopic (exact) mass is 398 g/mol. The van der Waals surface area contributed by atoms with Crippen LogP contribution in [0, 0.1) is 0 Å². The van der Waals surface area contributed by atoms with Crippen molar-refractivity contribution in [3.05, 3.63) is 59.4 Å². The number of hydrogen-bond acceptors (Lipinski definition) is 6. The summed E-state index contributed by atoms with van der Waals surface area (Å²) in [5.41, 5.74) is 8.34. The molecular weight excluding hydrogens is 380 g/mol. The van der Waals surface area contributed by atoms with Gasteiger partial charge in [0.25, 0.3) is 21.8 Å². The quantitative estimate of drug-likeness (QED) is 0.668. The Kier molecular flexibility index (Phi) is 4.55. The highest BCUT2D eigenvalue weighted by Gasteiger charge is 2.18. The summed E-state index contributed by atoms with van der Waals surface area (Å²) >= 11 is 0. The van der Waals surface area contributed by atoms with Gasteiger partial charge in [0.05, 0.1) is 10.6 Å². The van der Waals surface area contributed by atoms with Gasteiger partial charge in [0.1, 0.15) is 0 Å². The van der Waals surface area contributed by atoms with E-state index in [-0.39, 0.29) is 10.7 Å². The molecule has 1 aliphatic rings. The van der Waals surface area contributed by atoms with Crippen molar-refractivity contribution in [1.29, 1.82) is 0 Å². The van der Waals surface area contributed by atoms with Crippen molar-refractivity contribution >= 4 is 21.6 Å². The highest BCUT2D eigenvalue weighted by molar-refractivity contribution is 7.92. The van der Waals surface area contributed by atoms with Crippen LogP contribution in [0.3, 0.4) is 0 Å². The highest BCUT2D eigenvalue weighted by atomic mass is 32.2. The maximum atomic E-state index is 12.7. The summed E-state index contributed by atoms with van der Waals surface area (Å²) in [5.74, 6) is -0.974. The van der Waals surface area contributed by atoms with Crippen LogP contribution in [0.1, 0.15) is 34.6 Å². The third-order valence-electron chi connectivity index (χ3n) is 4.61. The summed E-state index contributed by atoms with van der Waals surface area (Å²) < 4.78 is 28.0. The molecule has 1 aliphatic carbocycles. The first-order valence-corrected chi connectivity index (χ1v) is 10.3. The van der Waals surface area contributed by atoms with Gasteiger partial charge in [-0.25, -0.2) is 8.42 Å². The molecule has 1 heterocycles. The van der Waals surface area contributed by atoms with Gasteiger partial charge in [-0.2, -0.15) is 0 Å². The number of carbonyl (C=O) groups is 1. The zero-order chi connectivity index (χ0) is 19.7. The summed E-state index contributed by atoms with van der Waals surface area (Å²) in [6.07, 6.45) is 4.13. The molecule has 0 aliphatic heterocycles. The van der Waals surface area contributed by atoms with Gasteiger partial charge in [0.2, 0.25) is 0 Å².